The van der Waals surface area contributed by atoms with Gasteiger partial charge in [0.1, 0.15) is 0 Å². The monoisotopic (exact) mass is 295 g/mol. The van der Waals surface area contributed by atoms with E-state index in [2.05, 4.69) is 59.0 Å². The maximum Gasteiger partial charge on any atom is 0.0440 e. The summed E-state index contributed by atoms with van der Waals surface area (Å²) in [7, 11) is 0. The third-order valence-corrected chi connectivity index (χ3v) is 4.21. The van der Waals surface area contributed by atoms with Crippen molar-refractivity contribution in [1.82, 2.24) is 5.32 Å². The van der Waals surface area contributed by atoms with Crippen LogP contribution in [0.25, 0.3) is 0 Å². The van der Waals surface area contributed by atoms with Crippen molar-refractivity contribution >= 4 is 11.6 Å². The number of benzene rings is 1. The Morgan fingerprint density at radius 2 is 1.70 bits per heavy atom. The van der Waals surface area contributed by atoms with Crippen molar-refractivity contribution in [2.75, 3.05) is 6.54 Å². The average molecular weight is 296 g/mol. The Balaban J connectivity index is 2.41. The summed E-state index contributed by atoms with van der Waals surface area (Å²) >= 11 is 6.34. The number of halogens is 1. The first-order valence-corrected chi connectivity index (χ1v) is 8.07. The number of rotatable bonds is 6. The van der Waals surface area contributed by atoms with Crippen LogP contribution in [0.15, 0.2) is 12.1 Å². The summed E-state index contributed by atoms with van der Waals surface area (Å²) in [5.41, 5.74) is 4.13. The lowest BCUT2D eigenvalue weighted by Crippen LogP contribution is -2.36. The van der Waals surface area contributed by atoms with E-state index in [0.29, 0.717) is 0 Å². The molecule has 1 unspecified atom stereocenters. The summed E-state index contributed by atoms with van der Waals surface area (Å²) in [5, 5.41) is 4.48. The van der Waals surface area contributed by atoms with Gasteiger partial charge in [-0.3, -0.25) is 0 Å². The molecule has 0 heterocycles. The Labute approximate surface area is 130 Å². The fourth-order valence-electron chi connectivity index (χ4n) is 2.27. The second kappa shape index (κ2) is 7.47. The van der Waals surface area contributed by atoms with Crippen molar-refractivity contribution < 1.29 is 0 Å². The molecule has 0 aliphatic rings. The molecule has 0 aliphatic heterocycles. The molecule has 1 aromatic carbocycles. The van der Waals surface area contributed by atoms with E-state index in [0.717, 1.165) is 23.9 Å². The number of aryl methyl sites for hydroxylation is 3. The topological polar surface area (TPSA) is 12.0 Å². The second-order valence-corrected chi connectivity index (χ2v) is 7.54. The quantitative estimate of drug-likeness (QED) is 0.750. The lowest BCUT2D eigenvalue weighted by molar-refractivity contribution is 0.386. The lowest BCUT2D eigenvalue weighted by Gasteiger charge is -2.22. The van der Waals surface area contributed by atoms with Gasteiger partial charge in [0, 0.05) is 10.6 Å². The normalized spacial score (nSPS) is 13.6. The highest BCUT2D eigenvalue weighted by atomic mass is 35.5. The fourth-order valence-corrected chi connectivity index (χ4v) is 2.58. The molecular formula is C18H30ClN. The van der Waals surface area contributed by atoms with Gasteiger partial charge in [0.05, 0.1) is 0 Å². The molecule has 0 amide bonds. The van der Waals surface area contributed by atoms with Crippen LogP contribution in [0, 0.1) is 19.8 Å². The van der Waals surface area contributed by atoms with Crippen LogP contribution in [0.1, 0.15) is 57.2 Å². The molecule has 1 N–H and O–H groups in total. The summed E-state index contributed by atoms with van der Waals surface area (Å²) in [6.07, 6.45) is 3.50. The van der Waals surface area contributed by atoms with E-state index in [1.165, 1.54) is 29.5 Å². The highest BCUT2D eigenvalue weighted by molar-refractivity contribution is 6.31. The molecule has 2 heteroatoms. The van der Waals surface area contributed by atoms with Crippen LogP contribution in [0.3, 0.4) is 0 Å². The molecular weight excluding hydrogens is 266 g/mol. The molecule has 0 saturated heterocycles. The van der Waals surface area contributed by atoms with Gasteiger partial charge in [-0.15, -0.1) is 0 Å². The van der Waals surface area contributed by atoms with Gasteiger partial charge < -0.3 is 5.32 Å². The third kappa shape index (κ3) is 6.28. The SMILES string of the molecule is Cc1cc(Cl)c(CCC(C)CCNC(C)(C)C)cc1C. The summed E-state index contributed by atoms with van der Waals surface area (Å²) in [4.78, 5) is 0. The van der Waals surface area contributed by atoms with Crippen LogP contribution in [-0.4, -0.2) is 12.1 Å². The Kier molecular flexibility index (Phi) is 6.54. The minimum absolute atomic E-state index is 0.219. The zero-order chi connectivity index (χ0) is 15.3. The minimum Gasteiger partial charge on any atom is -0.312 e. The third-order valence-electron chi connectivity index (χ3n) is 3.86. The second-order valence-electron chi connectivity index (χ2n) is 7.14. The largest absolute Gasteiger partial charge is 0.312 e. The zero-order valence-corrected chi connectivity index (χ0v) is 14.7. The lowest BCUT2D eigenvalue weighted by atomic mass is 9.96. The zero-order valence-electron chi connectivity index (χ0n) is 13.9. The Bertz CT molecular complexity index is 432. The first-order valence-electron chi connectivity index (χ1n) is 7.69. The van der Waals surface area contributed by atoms with E-state index in [-0.39, 0.29) is 5.54 Å². The maximum absolute atomic E-state index is 6.34. The molecule has 0 radical (unpaired) electrons. The van der Waals surface area contributed by atoms with Crippen molar-refractivity contribution in [3.63, 3.8) is 0 Å². The van der Waals surface area contributed by atoms with Gasteiger partial charge >= 0.3 is 0 Å². The Hall–Kier alpha value is -0.530. The molecule has 1 rings (SSSR count). The van der Waals surface area contributed by atoms with Gasteiger partial charge in [0.2, 0.25) is 0 Å². The summed E-state index contributed by atoms with van der Waals surface area (Å²) in [6.45, 7) is 14.3. The van der Waals surface area contributed by atoms with Crippen molar-refractivity contribution in [1.29, 1.82) is 0 Å². The van der Waals surface area contributed by atoms with E-state index in [1.54, 1.807) is 0 Å². The first kappa shape index (κ1) is 17.5. The van der Waals surface area contributed by atoms with Crippen molar-refractivity contribution in [3.8, 4) is 0 Å². The molecule has 0 aromatic heterocycles. The predicted octanol–water partition coefficient (Wildman–Crippen LogP) is 5.30. The van der Waals surface area contributed by atoms with E-state index < -0.39 is 0 Å². The van der Waals surface area contributed by atoms with E-state index in [9.17, 15) is 0 Å². The number of nitrogens with one attached hydrogen (secondary N) is 1. The number of hydrogen-bond acceptors (Lipinski definition) is 1. The Morgan fingerprint density at radius 3 is 2.30 bits per heavy atom. The first-order chi connectivity index (χ1) is 9.19. The molecule has 0 aliphatic carbocycles. The van der Waals surface area contributed by atoms with Crippen LogP contribution < -0.4 is 5.32 Å². The van der Waals surface area contributed by atoms with Gasteiger partial charge in [-0.2, -0.15) is 0 Å². The molecule has 0 fully saturated rings. The van der Waals surface area contributed by atoms with Gasteiger partial charge in [-0.05, 0) is 89.1 Å². The molecule has 114 valence electrons. The molecule has 1 atom stereocenters. The van der Waals surface area contributed by atoms with E-state index >= 15 is 0 Å². The molecule has 20 heavy (non-hydrogen) atoms. The van der Waals surface area contributed by atoms with Gasteiger partial charge in [0.25, 0.3) is 0 Å². The van der Waals surface area contributed by atoms with E-state index in [4.69, 9.17) is 11.6 Å². The van der Waals surface area contributed by atoms with Gasteiger partial charge in [-0.1, -0.05) is 24.6 Å². The standard InChI is InChI=1S/C18H30ClN/c1-13(9-10-20-18(4,5)6)7-8-16-11-14(2)15(3)12-17(16)19/h11-13,20H,7-10H2,1-6H3. The highest BCUT2D eigenvalue weighted by Crippen LogP contribution is 2.23. The van der Waals surface area contributed by atoms with Gasteiger partial charge in [-0.25, -0.2) is 0 Å². The maximum atomic E-state index is 6.34. The van der Waals surface area contributed by atoms with Gasteiger partial charge in [0.15, 0.2) is 0 Å². The van der Waals surface area contributed by atoms with Crippen LogP contribution in [0.5, 0.6) is 0 Å². The van der Waals surface area contributed by atoms with Crippen LogP contribution in [-0.2, 0) is 6.42 Å². The summed E-state index contributed by atoms with van der Waals surface area (Å²) in [6, 6.07) is 4.34. The fraction of sp³-hybridized carbons (Fsp3) is 0.667. The number of hydrogen-bond donors (Lipinski definition) is 1. The molecule has 0 saturated carbocycles. The molecule has 1 nitrogen and oxygen atoms in total. The summed E-state index contributed by atoms with van der Waals surface area (Å²) < 4.78 is 0. The van der Waals surface area contributed by atoms with E-state index in [1.807, 2.05) is 0 Å². The molecule has 0 bridgehead atoms. The Morgan fingerprint density at radius 1 is 1.10 bits per heavy atom. The minimum atomic E-state index is 0.219. The molecule has 0 spiro atoms. The van der Waals surface area contributed by atoms with Crippen molar-refractivity contribution in [2.45, 2.75) is 66.3 Å². The van der Waals surface area contributed by atoms with Crippen LogP contribution >= 0.6 is 11.6 Å². The smallest absolute Gasteiger partial charge is 0.0440 e. The van der Waals surface area contributed by atoms with Crippen LogP contribution in [0.2, 0.25) is 5.02 Å². The summed E-state index contributed by atoms with van der Waals surface area (Å²) in [5.74, 6) is 0.725. The van der Waals surface area contributed by atoms with Crippen LogP contribution in [0.4, 0.5) is 0 Å². The predicted molar refractivity (Wildman–Crippen MR) is 90.8 cm³/mol. The van der Waals surface area contributed by atoms with Crippen molar-refractivity contribution in [2.24, 2.45) is 5.92 Å². The average Bonchev–Trinajstić information content (AvgIpc) is 2.30. The highest BCUT2D eigenvalue weighted by Gasteiger charge is 2.10. The molecule has 1 aromatic rings. The van der Waals surface area contributed by atoms with Crippen molar-refractivity contribution in [3.05, 3.63) is 33.8 Å².